The fraction of sp³-hybridized carbons (Fsp3) is 0.480. The summed E-state index contributed by atoms with van der Waals surface area (Å²) >= 11 is 0. The van der Waals surface area contributed by atoms with Crippen LogP contribution in [0.4, 0.5) is 5.69 Å². The van der Waals surface area contributed by atoms with Gasteiger partial charge in [0.1, 0.15) is 17.1 Å². The first-order chi connectivity index (χ1) is 15.0. The Morgan fingerprint density at radius 3 is 2.84 bits per heavy atom. The van der Waals surface area contributed by atoms with Gasteiger partial charge in [-0.1, -0.05) is 18.2 Å². The maximum absolute atomic E-state index is 11.4. The molecule has 2 saturated heterocycles. The lowest BCUT2D eigenvalue weighted by atomic mass is 9.75. The third-order valence-corrected chi connectivity index (χ3v) is 7.02. The number of benzene rings is 2. The minimum absolute atomic E-state index is 0.0300. The van der Waals surface area contributed by atoms with E-state index in [4.69, 9.17) is 4.74 Å². The SMILES string of the molecule is CC(=O)NC1CCN(c2ccc3c(c2)OC2(CCNCC2)CC3c2cccc(O)c2)C1. The summed E-state index contributed by atoms with van der Waals surface area (Å²) in [5.74, 6) is 1.50. The Hall–Kier alpha value is -2.73. The normalized spacial score (nSPS) is 24.5. The number of rotatable bonds is 3. The topological polar surface area (TPSA) is 73.8 Å². The van der Waals surface area contributed by atoms with E-state index >= 15 is 0 Å². The smallest absolute Gasteiger partial charge is 0.217 e. The third kappa shape index (κ3) is 4.09. The molecule has 2 atom stereocenters. The Kier molecular flexibility index (Phi) is 5.26. The molecule has 1 spiro atoms. The van der Waals surface area contributed by atoms with Crippen molar-refractivity contribution in [2.75, 3.05) is 31.1 Å². The fourth-order valence-corrected chi connectivity index (χ4v) is 5.48. The van der Waals surface area contributed by atoms with Gasteiger partial charge in [0.15, 0.2) is 0 Å². The van der Waals surface area contributed by atoms with Gasteiger partial charge in [-0.2, -0.15) is 0 Å². The van der Waals surface area contributed by atoms with Gasteiger partial charge in [-0.3, -0.25) is 4.79 Å². The Morgan fingerprint density at radius 1 is 1.23 bits per heavy atom. The number of anilines is 1. The number of piperidine rings is 1. The molecule has 0 radical (unpaired) electrons. The quantitative estimate of drug-likeness (QED) is 0.710. The molecular formula is C25H31N3O3. The number of phenols is 1. The summed E-state index contributed by atoms with van der Waals surface area (Å²) in [5.41, 5.74) is 3.31. The Balaban J connectivity index is 1.48. The largest absolute Gasteiger partial charge is 0.508 e. The van der Waals surface area contributed by atoms with Crippen molar-refractivity contribution in [1.29, 1.82) is 0 Å². The van der Waals surface area contributed by atoms with Crippen molar-refractivity contribution < 1.29 is 14.6 Å². The van der Waals surface area contributed by atoms with E-state index in [1.807, 2.05) is 12.1 Å². The van der Waals surface area contributed by atoms with Crippen molar-refractivity contribution in [1.82, 2.24) is 10.6 Å². The van der Waals surface area contributed by atoms with Crippen LogP contribution in [-0.4, -0.2) is 48.8 Å². The second-order valence-corrected chi connectivity index (χ2v) is 9.24. The summed E-state index contributed by atoms with van der Waals surface area (Å²) < 4.78 is 6.74. The zero-order valence-corrected chi connectivity index (χ0v) is 18.1. The second-order valence-electron chi connectivity index (χ2n) is 9.24. The van der Waals surface area contributed by atoms with E-state index in [2.05, 4.69) is 39.8 Å². The maximum atomic E-state index is 11.4. The number of fused-ring (bicyclic) bond motifs is 1. The molecule has 3 aliphatic heterocycles. The number of nitrogens with zero attached hydrogens (tertiary/aromatic N) is 1. The number of amides is 1. The van der Waals surface area contributed by atoms with E-state index in [1.165, 1.54) is 5.56 Å². The van der Waals surface area contributed by atoms with Crippen LogP contribution < -0.4 is 20.3 Å². The molecule has 6 heteroatoms. The monoisotopic (exact) mass is 421 g/mol. The highest BCUT2D eigenvalue weighted by molar-refractivity contribution is 5.73. The molecule has 3 heterocycles. The van der Waals surface area contributed by atoms with Crippen molar-refractivity contribution >= 4 is 11.6 Å². The molecule has 0 aromatic heterocycles. The first-order valence-corrected chi connectivity index (χ1v) is 11.4. The van der Waals surface area contributed by atoms with Gasteiger partial charge in [0, 0.05) is 49.3 Å². The first-order valence-electron chi connectivity index (χ1n) is 11.4. The van der Waals surface area contributed by atoms with Crippen LogP contribution in [0.5, 0.6) is 11.5 Å². The van der Waals surface area contributed by atoms with Gasteiger partial charge in [0.2, 0.25) is 5.91 Å². The van der Waals surface area contributed by atoms with E-state index in [-0.39, 0.29) is 23.5 Å². The van der Waals surface area contributed by atoms with Crippen molar-refractivity contribution in [2.45, 2.75) is 50.2 Å². The van der Waals surface area contributed by atoms with Crippen LogP contribution >= 0.6 is 0 Å². The summed E-state index contributed by atoms with van der Waals surface area (Å²) in [7, 11) is 0. The van der Waals surface area contributed by atoms with Crippen LogP contribution in [0, 0.1) is 0 Å². The lowest BCUT2D eigenvalue weighted by molar-refractivity contribution is -0.119. The zero-order valence-electron chi connectivity index (χ0n) is 18.1. The minimum Gasteiger partial charge on any atom is -0.508 e. The minimum atomic E-state index is -0.170. The van der Waals surface area contributed by atoms with Crippen molar-refractivity contribution in [3.8, 4) is 11.5 Å². The summed E-state index contributed by atoms with van der Waals surface area (Å²) in [4.78, 5) is 13.8. The van der Waals surface area contributed by atoms with Crippen LogP contribution in [0.2, 0.25) is 0 Å². The second kappa shape index (κ2) is 8.08. The molecule has 0 bridgehead atoms. The number of hydrogen-bond donors (Lipinski definition) is 3. The molecule has 1 amide bonds. The van der Waals surface area contributed by atoms with Gasteiger partial charge >= 0.3 is 0 Å². The lowest BCUT2D eigenvalue weighted by Gasteiger charge is -2.45. The number of aromatic hydroxyl groups is 1. The van der Waals surface area contributed by atoms with Gasteiger partial charge in [0.05, 0.1) is 0 Å². The maximum Gasteiger partial charge on any atom is 0.217 e. The molecule has 0 saturated carbocycles. The Labute approximate surface area is 183 Å². The first kappa shape index (κ1) is 20.2. The van der Waals surface area contributed by atoms with Gasteiger partial charge < -0.3 is 25.4 Å². The zero-order chi connectivity index (χ0) is 21.4. The summed E-state index contributed by atoms with van der Waals surface area (Å²) in [6.07, 6.45) is 3.86. The average molecular weight is 422 g/mol. The predicted octanol–water partition coefficient (Wildman–Crippen LogP) is 3.14. The number of nitrogens with one attached hydrogen (secondary N) is 2. The van der Waals surface area contributed by atoms with E-state index in [1.54, 1.807) is 13.0 Å². The number of phenolic OH excluding ortho intramolecular Hbond substituents is 1. The van der Waals surface area contributed by atoms with E-state index in [0.717, 1.165) is 68.9 Å². The van der Waals surface area contributed by atoms with Gasteiger partial charge in [-0.25, -0.2) is 0 Å². The predicted molar refractivity (Wildman–Crippen MR) is 121 cm³/mol. The molecule has 2 aromatic carbocycles. The molecule has 2 aromatic rings. The highest BCUT2D eigenvalue weighted by Crippen LogP contribution is 2.48. The molecule has 3 N–H and O–H groups in total. The molecule has 2 fully saturated rings. The van der Waals surface area contributed by atoms with Crippen LogP contribution in [0.15, 0.2) is 42.5 Å². The highest BCUT2D eigenvalue weighted by Gasteiger charge is 2.42. The number of ether oxygens (including phenoxy) is 1. The van der Waals surface area contributed by atoms with E-state index in [0.29, 0.717) is 5.75 Å². The fourth-order valence-electron chi connectivity index (χ4n) is 5.48. The van der Waals surface area contributed by atoms with Crippen LogP contribution in [0.25, 0.3) is 0 Å². The molecule has 0 aliphatic carbocycles. The Morgan fingerprint density at radius 2 is 2.06 bits per heavy atom. The number of carbonyl (C=O) groups is 1. The van der Waals surface area contributed by atoms with E-state index < -0.39 is 0 Å². The number of hydrogen-bond acceptors (Lipinski definition) is 5. The highest BCUT2D eigenvalue weighted by atomic mass is 16.5. The standard InChI is InChI=1S/C25H31N3O3/c1-17(29)27-19-7-12-28(16-19)20-5-6-22-23(18-3-2-4-21(30)13-18)15-25(31-24(22)14-20)8-10-26-11-9-25/h2-6,13-14,19,23,26,30H,7-12,15-16H2,1H3,(H,27,29). The summed E-state index contributed by atoms with van der Waals surface area (Å²) in [6.45, 7) is 5.26. The molecule has 3 aliphatic rings. The van der Waals surface area contributed by atoms with Crippen LogP contribution in [0.1, 0.15) is 49.7 Å². The molecule has 5 rings (SSSR count). The van der Waals surface area contributed by atoms with Crippen molar-refractivity contribution in [2.24, 2.45) is 0 Å². The third-order valence-electron chi connectivity index (χ3n) is 7.02. The van der Waals surface area contributed by atoms with Crippen LogP contribution in [-0.2, 0) is 4.79 Å². The molecular weight excluding hydrogens is 390 g/mol. The molecule has 164 valence electrons. The van der Waals surface area contributed by atoms with Crippen molar-refractivity contribution in [3.05, 3.63) is 53.6 Å². The summed E-state index contributed by atoms with van der Waals surface area (Å²) in [6, 6.07) is 14.4. The lowest BCUT2D eigenvalue weighted by Crippen LogP contribution is -2.49. The molecule has 6 nitrogen and oxygen atoms in total. The van der Waals surface area contributed by atoms with Gasteiger partial charge in [0.25, 0.3) is 0 Å². The average Bonchev–Trinajstić information content (AvgIpc) is 3.21. The Bertz CT molecular complexity index is 970. The molecule has 2 unspecified atom stereocenters. The van der Waals surface area contributed by atoms with Gasteiger partial charge in [-0.05, 0) is 62.5 Å². The van der Waals surface area contributed by atoms with Gasteiger partial charge in [-0.15, -0.1) is 0 Å². The van der Waals surface area contributed by atoms with Crippen molar-refractivity contribution in [3.63, 3.8) is 0 Å². The number of carbonyl (C=O) groups excluding carboxylic acids is 1. The van der Waals surface area contributed by atoms with E-state index in [9.17, 15) is 9.90 Å². The molecule has 31 heavy (non-hydrogen) atoms. The van der Waals surface area contributed by atoms with Crippen LogP contribution in [0.3, 0.4) is 0 Å². The summed E-state index contributed by atoms with van der Waals surface area (Å²) in [5, 5.41) is 16.6.